The van der Waals surface area contributed by atoms with Gasteiger partial charge in [0.15, 0.2) is 4.80 Å². The number of halogens is 1. The highest BCUT2D eigenvalue weighted by Crippen LogP contribution is 2.16. The van der Waals surface area contributed by atoms with Crippen molar-refractivity contribution in [1.82, 2.24) is 9.29 Å². The van der Waals surface area contributed by atoms with Crippen LogP contribution in [0.15, 0.2) is 70.0 Å². The number of rotatable bonds is 7. The largest absolute Gasteiger partial charge is 0.319 e. The van der Waals surface area contributed by atoms with Gasteiger partial charge in [-0.2, -0.15) is 10.3 Å². The summed E-state index contributed by atoms with van der Waals surface area (Å²) in [4.78, 5) is 17.2. The quantitative estimate of drug-likeness (QED) is 0.546. The summed E-state index contributed by atoms with van der Waals surface area (Å²) >= 11 is 7.53. The zero-order chi connectivity index (χ0) is 21.6. The van der Waals surface area contributed by atoms with E-state index in [1.807, 2.05) is 40.4 Å². The Morgan fingerprint density at radius 3 is 2.63 bits per heavy atom. The van der Waals surface area contributed by atoms with Crippen molar-refractivity contribution >= 4 is 38.9 Å². The molecule has 154 valence electrons. The van der Waals surface area contributed by atoms with Gasteiger partial charge in [-0.05, 0) is 35.9 Å². The fraction of sp³-hybridized carbons (Fsp3) is 0.150. The highest BCUT2D eigenvalue weighted by molar-refractivity contribution is 7.89. The first kappa shape index (κ1) is 21.9. The number of sulfonamides is 1. The van der Waals surface area contributed by atoms with Gasteiger partial charge in [-0.15, -0.1) is 11.3 Å². The Kier molecular flexibility index (Phi) is 7.18. The molecule has 30 heavy (non-hydrogen) atoms. The summed E-state index contributed by atoms with van der Waals surface area (Å²) in [7, 11) is -3.73. The van der Waals surface area contributed by atoms with Crippen LogP contribution in [0.25, 0.3) is 0 Å². The fourth-order valence-corrected chi connectivity index (χ4v) is 4.52. The molecule has 0 fully saturated rings. The second-order valence-corrected chi connectivity index (χ2v) is 9.20. The van der Waals surface area contributed by atoms with E-state index >= 15 is 0 Å². The van der Waals surface area contributed by atoms with Gasteiger partial charge in [-0.1, -0.05) is 29.8 Å². The maximum Gasteiger partial charge on any atom is 0.279 e. The van der Waals surface area contributed by atoms with Gasteiger partial charge in [0.1, 0.15) is 0 Å². The van der Waals surface area contributed by atoms with Gasteiger partial charge < -0.3 is 4.57 Å². The molecule has 0 aliphatic heterocycles. The number of nitrogens with zero attached hydrogens (tertiary/aromatic N) is 3. The van der Waals surface area contributed by atoms with Crippen LogP contribution in [0.4, 0.5) is 0 Å². The molecule has 0 radical (unpaired) electrons. The molecule has 0 saturated heterocycles. The van der Waals surface area contributed by atoms with E-state index in [1.54, 1.807) is 6.07 Å². The first-order valence-corrected chi connectivity index (χ1v) is 11.6. The Morgan fingerprint density at radius 2 is 1.93 bits per heavy atom. The van der Waals surface area contributed by atoms with Crippen LogP contribution in [0.2, 0.25) is 5.02 Å². The van der Waals surface area contributed by atoms with Crippen molar-refractivity contribution in [3.05, 3.63) is 81.1 Å². The molecule has 2 aromatic carbocycles. The number of carbonyl (C=O) groups is 1. The molecule has 0 unspecified atom stereocenters. The third kappa shape index (κ3) is 5.43. The Bertz CT molecular complexity index is 1260. The predicted octanol–water partition coefficient (Wildman–Crippen LogP) is 3.18. The molecule has 0 spiro atoms. The van der Waals surface area contributed by atoms with E-state index in [-0.39, 0.29) is 23.4 Å². The minimum absolute atomic E-state index is 0.0156. The van der Waals surface area contributed by atoms with Crippen molar-refractivity contribution in [1.29, 1.82) is 5.26 Å². The molecule has 0 atom stereocenters. The van der Waals surface area contributed by atoms with Gasteiger partial charge in [0.05, 0.1) is 17.5 Å². The van der Waals surface area contributed by atoms with E-state index in [0.717, 1.165) is 5.56 Å². The van der Waals surface area contributed by atoms with E-state index < -0.39 is 15.9 Å². The zero-order valence-corrected chi connectivity index (χ0v) is 18.0. The van der Waals surface area contributed by atoms with E-state index in [2.05, 4.69) is 9.71 Å². The number of benzene rings is 2. The molecule has 0 bridgehead atoms. The molecule has 10 heteroatoms. The van der Waals surface area contributed by atoms with Gasteiger partial charge in [0.2, 0.25) is 10.0 Å². The summed E-state index contributed by atoms with van der Waals surface area (Å²) in [5.41, 5.74) is 1.17. The Balaban J connectivity index is 1.79. The standard InChI is InChI=1S/C20H17ClN4O3S2/c21-18-5-2-1-4-16(18)14-25-12-13-29-20(25)24-19(26)15-6-8-17(9-7-15)30(27,28)23-11-3-10-22/h1-2,4-9,12-13,23H,3,11,14H2. The summed E-state index contributed by atoms with van der Waals surface area (Å²) in [6, 6.07) is 14.8. The van der Waals surface area contributed by atoms with Crippen molar-refractivity contribution < 1.29 is 13.2 Å². The van der Waals surface area contributed by atoms with Crippen LogP contribution in [-0.2, 0) is 16.6 Å². The Morgan fingerprint density at radius 1 is 1.20 bits per heavy atom. The van der Waals surface area contributed by atoms with Gasteiger partial charge in [0, 0.05) is 35.1 Å². The van der Waals surface area contributed by atoms with Crippen LogP contribution in [0.3, 0.4) is 0 Å². The van der Waals surface area contributed by atoms with Crippen LogP contribution >= 0.6 is 22.9 Å². The third-order valence-electron chi connectivity index (χ3n) is 4.10. The topological polar surface area (TPSA) is 104 Å². The van der Waals surface area contributed by atoms with Crippen LogP contribution in [0.5, 0.6) is 0 Å². The second-order valence-electron chi connectivity index (χ2n) is 6.15. The number of nitrogens with one attached hydrogen (secondary N) is 1. The molecule has 0 aliphatic carbocycles. The number of hydrogen-bond donors (Lipinski definition) is 1. The molecule has 3 rings (SSSR count). The molecule has 7 nitrogen and oxygen atoms in total. The normalized spacial score (nSPS) is 11.9. The fourth-order valence-electron chi connectivity index (χ4n) is 2.57. The highest BCUT2D eigenvalue weighted by atomic mass is 35.5. The van der Waals surface area contributed by atoms with Crippen molar-refractivity contribution in [2.24, 2.45) is 4.99 Å². The maximum absolute atomic E-state index is 12.6. The summed E-state index contributed by atoms with van der Waals surface area (Å²) in [6.07, 6.45) is 1.90. The molecule has 3 aromatic rings. The lowest BCUT2D eigenvalue weighted by Crippen LogP contribution is -2.24. The van der Waals surface area contributed by atoms with E-state index in [1.165, 1.54) is 35.6 Å². The number of carbonyl (C=O) groups excluding carboxylic acids is 1. The van der Waals surface area contributed by atoms with Crippen LogP contribution in [-0.4, -0.2) is 25.4 Å². The Labute approximate surface area is 183 Å². The average Bonchev–Trinajstić information content (AvgIpc) is 3.16. The number of hydrogen-bond acceptors (Lipinski definition) is 5. The Hall–Kier alpha value is -2.77. The first-order chi connectivity index (χ1) is 14.4. The van der Waals surface area contributed by atoms with Crippen molar-refractivity contribution in [3.63, 3.8) is 0 Å². The minimum atomic E-state index is -3.73. The van der Waals surface area contributed by atoms with Gasteiger partial charge in [-0.25, -0.2) is 13.1 Å². The van der Waals surface area contributed by atoms with Crippen molar-refractivity contribution in [2.75, 3.05) is 6.54 Å². The molecule has 1 N–H and O–H groups in total. The maximum atomic E-state index is 12.6. The number of nitriles is 1. The smallest absolute Gasteiger partial charge is 0.279 e. The van der Waals surface area contributed by atoms with Crippen LogP contribution < -0.4 is 9.52 Å². The molecule has 0 aliphatic rings. The monoisotopic (exact) mass is 460 g/mol. The van der Waals surface area contributed by atoms with Crippen LogP contribution in [0, 0.1) is 11.3 Å². The molecule has 1 amide bonds. The molecule has 1 aromatic heterocycles. The van der Waals surface area contributed by atoms with Crippen molar-refractivity contribution in [2.45, 2.75) is 17.9 Å². The van der Waals surface area contributed by atoms with Crippen molar-refractivity contribution in [3.8, 4) is 6.07 Å². The van der Waals surface area contributed by atoms with E-state index in [0.29, 0.717) is 16.4 Å². The third-order valence-corrected chi connectivity index (χ3v) is 6.74. The van der Waals surface area contributed by atoms with Crippen LogP contribution in [0.1, 0.15) is 22.3 Å². The minimum Gasteiger partial charge on any atom is -0.319 e. The first-order valence-electron chi connectivity index (χ1n) is 8.84. The average molecular weight is 461 g/mol. The highest BCUT2D eigenvalue weighted by Gasteiger charge is 2.14. The molecule has 1 heterocycles. The number of amides is 1. The number of thiazole rings is 1. The second kappa shape index (κ2) is 9.82. The van der Waals surface area contributed by atoms with Gasteiger partial charge in [0.25, 0.3) is 5.91 Å². The number of aromatic nitrogens is 1. The molecule has 0 saturated carbocycles. The van der Waals surface area contributed by atoms with Gasteiger partial charge in [-0.3, -0.25) is 4.79 Å². The summed E-state index contributed by atoms with van der Waals surface area (Å²) in [5.74, 6) is -0.480. The van der Waals surface area contributed by atoms with Gasteiger partial charge >= 0.3 is 0 Å². The predicted molar refractivity (Wildman–Crippen MR) is 115 cm³/mol. The van der Waals surface area contributed by atoms with E-state index in [4.69, 9.17) is 16.9 Å². The lowest BCUT2D eigenvalue weighted by molar-refractivity contribution is 0.0997. The lowest BCUT2D eigenvalue weighted by atomic mass is 10.2. The summed E-state index contributed by atoms with van der Waals surface area (Å²) in [5, 5.41) is 11.0. The zero-order valence-electron chi connectivity index (χ0n) is 15.7. The molecular formula is C20H17ClN4O3S2. The lowest BCUT2D eigenvalue weighted by Gasteiger charge is -2.06. The summed E-state index contributed by atoms with van der Waals surface area (Å²) < 4.78 is 28.4. The SMILES string of the molecule is N#CCCNS(=O)(=O)c1ccc(C(=O)N=c2sccn2Cc2ccccc2Cl)cc1. The molecular weight excluding hydrogens is 444 g/mol. The van der Waals surface area contributed by atoms with E-state index in [9.17, 15) is 13.2 Å². The summed E-state index contributed by atoms with van der Waals surface area (Å²) in [6.45, 7) is 0.499.